The molecule has 2 aliphatic rings. The first-order chi connectivity index (χ1) is 26.9. The maximum atomic E-state index is 13.7. The molecule has 25 heteroatoms. The molecule has 2 aliphatic heterocycles. The van der Waals surface area contributed by atoms with Gasteiger partial charge in [-0.3, -0.25) is 0 Å². The standard InChI is InChI=1S/C32H17N8O3S.3HO3S.Zn/c41-44(42)43-23-15-7-14-22-24(23)32-39-30-21-13-6-5-12-20(21)28(37-30)35-26-17-9-2-1-8-16(17)25(33-26)34-27-18-10-3-4-11-19(18)29(36-27)38-31(22)40-32;3*1-4(2)3;/h1-15H,(H2,33,34,35,36,37,38,39,40);3*(H,1,2,3);. The van der Waals surface area contributed by atoms with E-state index in [-0.39, 0.29) is 45.4 Å². The first kappa shape index (κ1) is 37.0. The van der Waals surface area contributed by atoms with Crippen LogP contribution in [0.15, 0.2) is 91.0 Å². The number of hydrogen-bond donors (Lipinski definition) is 5. The van der Waals surface area contributed by atoms with Crippen molar-refractivity contribution in [1.29, 1.82) is 0 Å². The summed E-state index contributed by atoms with van der Waals surface area (Å²) in [6, 6.07) is 24.7. The molecular formula is C32H20N8O12S4Zn. The minimum atomic E-state index is -9.17. The fraction of sp³-hybridized carbons (Fsp3) is 0. The Balaban J connectivity index is 1.43. The third-order valence-corrected chi connectivity index (χ3v) is 91.9. The van der Waals surface area contributed by atoms with E-state index in [1.54, 1.807) is 48.5 Å². The number of H-pyrrole nitrogens is 2. The minimum absolute atomic E-state index is 0.00618. The first-order valence-electron chi connectivity index (χ1n) is 16.3. The average molecular weight is 902 g/mol. The number of aromatic nitrogens is 8. The zero-order chi connectivity index (χ0) is 40.3. The Labute approximate surface area is 318 Å². The van der Waals surface area contributed by atoms with E-state index in [9.17, 15) is 47.3 Å². The van der Waals surface area contributed by atoms with Crippen molar-refractivity contribution in [2.45, 2.75) is 0 Å². The van der Waals surface area contributed by atoms with E-state index in [1.165, 1.54) is 6.07 Å². The molecule has 57 heavy (non-hydrogen) atoms. The number of benzene rings is 4. The molecule has 0 saturated carbocycles. The second-order valence-electron chi connectivity index (χ2n) is 13.0. The Hall–Kier alpha value is -5.66. The van der Waals surface area contributed by atoms with Crippen molar-refractivity contribution in [3.05, 3.63) is 91.0 Å². The Bertz CT molecular complexity index is 3500. The molecule has 0 aliphatic carbocycles. The van der Waals surface area contributed by atoms with Crippen molar-refractivity contribution in [1.82, 2.24) is 39.9 Å². The summed E-state index contributed by atoms with van der Waals surface area (Å²) >= 11 is 0. The van der Waals surface area contributed by atoms with Crippen molar-refractivity contribution < 1.29 is 61.4 Å². The van der Waals surface area contributed by atoms with Crippen molar-refractivity contribution in [3.63, 3.8) is 0 Å². The molecule has 9 rings (SSSR count). The summed E-state index contributed by atoms with van der Waals surface area (Å²) in [4.78, 5) is 34.7. The third-order valence-electron chi connectivity index (χ3n) is 9.53. The maximum absolute atomic E-state index is 13.7. The van der Waals surface area contributed by atoms with Crippen molar-refractivity contribution in [2.24, 2.45) is 0 Å². The summed E-state index contributed by atoms with van der Waals surface area (Å²) in [6.07, 6.45) is 0. The molecule has 5 N–H and O–H groups in total. The van der Waals surface area contributed by atoms with Crippen molar-refractivity contribution in [2.75, 3.05) is 0 Å². The van der Waals surface area contributed by atoms with Crippen LogP contribution in [0.5, 0.6) is 5.75 Å². The SMILES string of the molecule is O=[S](=O)(O)[Zn]([S](=O)(=O)O)([S](=O)(=O)O)[S](=O)(=O)Oc1cccc2c3nc4nc(nc5[nH]c(nc6nc(nc([nH]3)c12)-c1ccccc1-6)c1ccccc51)-c1ccccc1-4. The van der Waals surface area contributed by atoms with Crippen LogP contribution in [0, 0.1) is 0 Å². The molecular weight excluding hydrogens is 882 g/mol. The number of rotatable bonds is 6. The van der Waals surface area contributed by atoms with Crippen LogP contribution >= 0.6 is 0 Å². The normalized spacial score (nSPS) is 13.1. The summed E-state index contributed by atoms with van der Waals surface area (Å²) in [5.74, 6) is -0.364. The van der Waals surface area contributed by atoms with Crippen LogP contribution in [0.2, 0.25) is 0 Å². The molecule has 7 aromatic rings. The molecule has 4 aromatic carbocycles. The number of fused-ring (bicyclic) bond motifs is 20. The fourth-order valence-corrected chi connectivity index (χ4v) is 62.4. The van der Waals surface area contributed by atoms with E-state index in [4.69, 9.17) is 24.1 Å². The molecule has 0 spiro atoms. The van der Waals surface area contributed by atoms with Gasteiger partial charge in [0.05, 0.1) is 0 Å². The summed E-state index contributed by atoms with van der Waals surface area (Å²) in [6.45, 7) is 0. The zero-order valence-corrected chi connectivity index (χ0v) is 34.4. The van der Waals surface area contributed by atoms with Crippen LogP contribution < -0.4 is 4.18 Å². The Kier molecular flexibility index (Phi) is 8.05. The van der Waals surface area contributed by atoms with Gasteiger partial charge in [0.2, 0.25) is 0 Å². The van der Waals surface area contributed by atoms with Gasteiger partial charge < -0.3 is 0 Å². The second-order valence-corrected chi connectivity index (χ2v) is 68.4. The van der Waals surface area contributed by atoms with E-state index in [0.29, 0.717) is 38.9 Å². The fourth-order valence-electron chi connectivity index (χ4n) is 7.05. The van der Waals surface area contributed by atoms with Crippen LogP contribution in [0.3, 0.4) is 0 Å². The van der Waals surface area contributed by atoms with Gasteiger partial charge in [0.15, 0.2) is 0 Å². The topological polar surface area (TPSA) is 315 Å². The van der Waals surface area contributed by atoms with Crippen LogP contribution in [-0.2, 0) is 42.3 Å². The van der Waals surface area contributed by atoms with Gasteiger partial charge in [-0.05, 0) is 0 Å². The molecule has 0 radical (unpaired) electrons. The Morgan fingerprint density at radius 1 is 0.439 bits per heavy atom. The quantitative estimate of drug-likeness (QED) is 0.116. The molecule has 20 nitrogen and oxygen atoms in total. The molecule has 0 fully saturated rings. The first-order valence-corrected chi connectivity index (χ1v) is 37.3. The Morgan fingerprint density at radius 3 is 1.21 bits per heavy atom. The molecule has 8 bridgehead atoms. The number of hydrogen-bond acceptors (Lipinski definition) is 15. The van der Waals surface area contributed by atoms with E-state index >= 15 is 0 Å². The van der Waals surface area contributed by atoms with Gasteiger partial charge in [-0.25, -0.2) is 0 Å². The van der Waals surface area contributed by atoms with Crippen LogP contribution in [0.1, 0.15) is 0 Å². The predicted molar refractivity (Wildman–Crippen MR) is 200 cm³/mol. The molecule has 3 aromatic heterocycles. The van der Waals surface area contributed by atoms with Crippen LogP contribution in [0.4, 0.5) is 0 Å². The van der Waals surface area contributed by atoms with E-state index < -0.39 is 48.1 Å². The van der Waals surface area contributed by atoms with Gasteiger partial charge in [0, 0.05) is 5.39 Å². The van der Waals surface area contributed by atoms with Gasteiger partial charge >= 0.3 is 291 Å². The average Bonchev–Trinajstić information content (AvgIpc) is 3.85. The summed E-state index contributed by atoms with van der Waals surface area (Å²) in [5, 5.41) is 1.08. The van der Waals surface area contributed by atoms with E-state index in [0.717, 1.165) is 17.5 Å². The second kappa shape index (κ2) is 12.4. The summed E-state index contributed by atoms with van der Waals surface area (Å²) < 4.78 is 136. The van der Waals surface area contributed by atoms with Crippen molar-refractivity contribution >= 4 is 76.6 Å². The molecule has 286 valence electrons. The third kappa shape index (κ3) is 5.49. The number of aromatic amines is 2. The van der Waals surface area contributed by atoms with Crippen LogP contribution in [-0.4, -0.2) is 87.2 Å². The van der Waals surface area contributed by atoms with E-state index in [1.807, 2.05) is 24.3 Å². The van der Waals surface area contributed by atoms with Gasteiger partial charge in [-0.1, -0.05) is 24.3 Å². The predicted octanol–water partition coefficient (Wildman–Crippen LogP) is 4.06. The number of nitrogens with one attached hydrogen (secondary N) is 2. The Morgan fingerprint density at radius 2 is 0.789 bits per heavy atom. The zero-order valence-electron chi connectivity index (χ0n) is 28.2. The van der Waals surface area contributed by atoms with E-state index in [2.05, 4.69) is 19.9 Å². The molecule has 0 amide bonds. The van der Waals surface area contributed by atoms with Crippen molar-refractivity contribution in [3.8, 4) is 51.3 Å². The van der Waals surface area contributed by atoms with Crippen LogP contribution in [0.25, 0.3) is 89.7 Å². The monoisotopic (exact) mass is 900 g/mol. The summed E-state index contributed by atoms with van der Waals surface area (Å²) in [7, 11) is -36.2. The van der Waals surface area contributed by atoms with Gasteiger partial charge in [-0.15, -0.1) is 0 Å². The van der Waals surface area contributed by atoms with Gasteiger partial charge in [-0.2, -0.15) is 0 Å². The molecule has 0 unspecified atom stereocenters. The molecule has 0 saturated heterocycles. The molecule has 5 heterocycles. The number of nitrogens with zero attached hydrogens (tertiary/aromatic N) is 6. The molecule has 0 atom stereocenters. The summed E-state index contributed by atoms with van der Waals surface area (Å²) in [5.41, 5.74) is 2.58. The van der Waals surface area contributed by atoms with Gasteiger partial charge in [0.25, 0.3) is 0 Å². The van der Waals surface area contributed by atoms with Gasteiger partial charge in [0.1, 0.15) is 0 Å².